The van der Waals surface area contributed by atoms with Crippen molar-refractivity contribution >= 4 is 0 Å². The zero-order valence-corrected chi connectivity index (χ0v) is 10.2. The van der Waals surface area contributed by atoms with E-state index in [1.807, 2.05) is 0 Å². The summed E-state index contributed by atoms with van der Waals surface area (Å²) in [5, 5.41) is 9.87. The number of aliphatic hydroxyl groups is 1. The molecule has 0 aromatic rings. The second kappa shape index (κ2) is 5.99. The Balaban J connectivity index is 1.71. The molecular formula is C13H24O3. The van der Waals surface area contributed by atoms with Crippen LogP contribution >= 0.6 is 0 Å². The molecule has 1 aliphatic heterocycles. The fraction of sp³-hybridized carbons (Fsp3) is 1.00. The van der Waals surface area contributed by atoms with Gasteiger partial charge in [0.1, 0.15) is 0 Å². The van der Waals surface area contributed by atoms with Crippen LogP contribution in [0, 0.1) is 11.8 Å². The van der Waals surface area contributed by atoms with E-state index in [0.29, 0.717) is 11.8 Å². The van der Waals surface area contributed by atoms with Crippen molar-refractivity contribution < 1.29 is 14.6 Å². The van der Waals surface area contributed by atoms with Crippen LogP contribution in [0.3, 0.4) is 0 Å². The number of ether oxygens (including phenoxy) is 2. The maximum atomic E-state index is 9.87. The average Bonchev–Trinajstić information content (AvgIpc) is 2.32. The second-order valence-corrected chi connectivity index (χ2v) is 5.41. The summed E-state index contributed by atoms with van der Waals surface area (Å²) in [7, 11) is 0. The maximum Gasteiger partial charge on any atom is 0.0836 e. The summed E-state index contributed by atoms with van der Waals surface area (Å²) < 4.78 is 11.2. The molecule has 2 aliphatic rings. The summed E-state index contributed by atoms with van der Waals surface area (Å²) in [4.78, 5) is 0. The molecule has 0 amide bonds. The van der Waals surface area contributed by atoms with Crippen LogP contribution in [-0.4, -0.2) is 37.1 Å². The van der Waals surface area contributed by atoms with Gasteiger partial charge < -0.3 is 14.6 Å². The first-order valence-corrected chi connectivity index (χ1v) is 6.63. The van der Waals surface area contributed by atoms with Gasteiger partial charge in [-0.05, 0) is 43.9 Å². The third-order valence-corrected chi connectivity index (χ3v) is 3.91. The van der Waals surface area contributed by atoms with Crippen molar-refractivity contribution in [3.8, 4) is 0 Å². The van der Waals surface area contributed by atoms with Crippen LogP contribution in [0.1, 0.15) is 39.0 Å². The summed E-state index contributed by atoms with van der Waals surface area (Å²) in [6.07, 6.45) is 5.11. The second-order valence-electron chi connectivity index (χ2n) is 5.41. The Morgan fingerprint density at radius 2 is 1.94 bits per heavy atom. The summed E-state index contributed by atoms with van der Waals surface area (Å²) in [6, 6.07) is 0. The highest BCUT2D eigenvalue weighted by Gasteiger charge is 2.28. The van der Waals surface area contributed by atoms with E-state index in [9.17, 15) is 5.11 Å². The lowest BCUT2D eigenvalue weighted by molar-refractivity contribution is -0.0879. The number of aliphatic hydroxyl groups excluding tert-OH is 1. The van der Waals surface area contributed by atoms with Gasteiger partial charge in [-0.2, -0.15) is 0 Å². The predicted octanol–water partition coefficient (Wildman–Crippen LogP) is 1.98. The summed E-state index contributed by atoms with van der Waals surface area (Å²) >= 11 is 0. The molecule has 2 rings (SSSR count). The molecule has 1 aliphatic carbocycles. The minimum atomic E-state index is -0.240. The van der Waals surface area contributed by atoms with Gasteiger partial charge in [0.2, 0.25) is 0 Å². The summed E-state index contributed by atoms with van der Waals surface area (Å²) in [5.74, 6) is 1.33. The van der Waals surface area contributed by atoms with Gasteiger partial charge in [0, 0.05) is 13.2 Å². The molecule has 3 nitrogen and oxygen atoms in total. The zero-order chi connectivity index (χ0) is 11.4. The standard InChI is InChI=1S/C13H24O3/c1-10-2-3-12(14)13(8-10)16-9-11-4-6-15-7-5-11/h10-14H,2-9H2,1H3. The average molecular weight is 228 g/mol. The molecule has 0 radical (unpaired) electrons. The molecule has 0 spiro atoms. The van der Waals surface area contributed by atoms with Crippen molar-refractivity contribution in [3.63, 3.8) is 0 Å². The number of hydrogen-bond donors (Lipinski definition) is 1. The van der Waals surface area contributed by atoms with Gasteiger partial charge in [-0.25, -0.2) is 0 Å². The van der Waals surface area contributed by atoms with Crippen LogP contribution in [0.2, 0.25) is 0 Å². The van der Waals surface area contributed by atoms with Crippen molar-refractivity contribution in [2.75, 3.05) is 19.8 Å². The molecule has 1 saturated carbocycles. The Kier molecular flexibility index (Phi) is 4.62. The van der Waals surface area contributed by atoms with Crippen molar-refractivity contribution in [1.82, 2.24) is 0 Å². The molecule has 0 aromatic carbocycles. The fourth-order valence-electron chi connectivity index (χ4n) is 2.66. The number of rotatable bonds is 3. The normalized spacial score (nSPS) is 37.5. The van der Waals surface area contributed by atoms with E-state index in [0.717, 1.165) is 51.9 Å². The summed E-state index contributed by atoms with van der Waals surface area (Å²) in [5.41, 5.74) is 0. The highest BCUT2D eigenvalue weighted by molar-refractivity contribution is 4.79. The predicted molar refractivity (Wildman–Crippen MR) is 62.3 cm³/mol. The van der Waals surface area contributed by atoms with Crippen LogP contribution in [0.4, 0.5) is 0 Å². The molecule has 3 heteroatoms. The quantitative estimate of drug-likeness (QED) is 0.802. The minimum absolute atomic E-state index is 0.0756. The Morgan fingerprint density at radius 1 is 1.19 bits per heavy atom. The van der Waals surface area contributed by atoms with E-state index in [-0.39, 0.29) is 12.2 Å². The Bertz CT molecular complexity index is 201. The van der Waals surface area contributed by atoms with E-state index in [2.05, 4.69) is 6.92 Å². The van der Waals surface area contributed by atoms with E-state index < -0.39 is 0 Å². The molecule has 16 heavy (non-hydrogen) atoms. The van der Waals surface area contributed by atoms with Crippen LogP contribution in [0.5, 0.6) is 0 Å². The van der Waals surface area contributed by atoms with E-state index in [4.69, 9.17) is 9.47 Å². The first-order valence-electron chi connectivity index (χ1n) is 6.63. The van der Waals surface area contributed by atoms with E-state index in [1.54, 1.807) is 0 Å². The van der Waals surface area contributed by atoms with Crippen LogP contribution in [0.25, 0.3) is 0 Å². The molecule has 3 unspecified atom stereocenters. The lowest BCUT2D eigenvalue weighted by atomic mass is 9.86. The molecule has 1 N–H and O–H groups in total. The highest BCUT2D eigenvalue weighted by atomic mass is 16.5. The molecule has 2 fully saturated rings. The van der Waals surface area contributed by atoms with Crippen molar-refractivity contribution in [3.05, 3.63) is 0 Å². The van der Waals surface area contributed by atoms with Gasteiger partial charge >= 0.3 is 0 Å². The van der Waals surface area contributed by atoms with Crippen molar-refractivity contribution in [2.24, 2.45) is 11.8 Å². The molecule has 0 bridgehead atoms. The number of hydrogen-bond acceptors (Lipinski definition) is 3. The third kappa shape index (κ3) is 3.44. The fourth-order valence-corrected chi connectivity index (χ4v) is 2.66. The van der Waals surface area contributed by atoms with Crippen LogP contribution < -0.4 is 0 Å². The third-order valence-electron chi connectivity index (χ3n) is 3.91. The lowest BCUT2D eigenvalue weighted by Crippen LogP contribution is -2.36. The Hall–Kier alpha value is -0.120. The van der Waals surface area contributed by atoms with E-state index in [1.165, 1.54) is 0 Å². The van der Waals surface area contributed by atoms with Gasteiger partial charge in [0.05, 0.1) is 18.8 Å². The van der Waals surface area contributed by atoms with Gasteiger partial charge in [0.25, 0.3) is 0 Å². The molecule has 0 aromatic heterocycles. The maximum absolute atomic E-state index is 9.87. The van der Waals surface area contributed by atoms with Crippen LogP contribution in [0.15, 0.2) is 0 Å². The SMILES string of the molecule is CC1CCC(O)C(OCC2CCOCC2)C1. The Labute approximate surface area is 98.1 Å². The minimum Gasteiger partial charge on any atom is -0.390 e. The molecule has 94 valence electrons. The first kappa shape index (κ1) is 12.3. The topological polar surface area (TPSA) is 38.7 Å². The molecule has 1 saturated heterocycles. The molecule has 1 heterocycles. The zero-order valence-electron chi connectivity index (χ0n) is 10.2. The monoisotopic (exact) mass is 228 g/mol. The largest absolute Gasteiger partial charge is 0.390 e. The van der Waals surface area contributed by atoms with Gasteiger partial charge in [-0.3, -0.25) is 0 Å². The van der Waals surface area contributed by atoms with E-state index >= 15 is 0 Å². The van der Waals surface area contributed by atoms with Gasteiger partial charge in [0.15, 0.2) is 0 Å². The van der Waals surface area contributed by atoms with Crippen molar-refractivity contribution in [1.29, 1.82) is 0 Å². The van der Waals surface area contributed by atoms with Gasteiger partial charge in [-0.1, -0.05) is 6.92 Å². The van der Waals surface area contributed by atoms with Gasteiger partial charge in [-0.15, -0.1) is 0 Å². The molecule has 3 atom stereocenters. The first-order chi connectivity index (χ1) is 7.75. The van der Waals surface area contributed by atoms with Crippen LogP contribution in [-0.2, 0) is 9.47 Å². The lowest BCUT2D eigenvalue weighted by Gasteiger charge is -2.33. The van der Waals surface area contributed by atoms with Crippen molar-refractivity contribution in [2.45, 2.75) is 51.2 Å². The smallest absolute Gasteiger partial charge is 0.0836 e. The Morgan fingerprint density at radius 3 is 2.69 bits per heavy atom. The molecular weight excluding hydrogens is 204 g/mol. The highest BCUT2D eigenvalue weighted by Crippen LogP contribution is 2.27. The summed E-state index contributed by atoms with van der Waals surface area (Å²) in [6.45, 7) is 4.80.